The molecule has 4 rings (SSSR count). The van der Waals surface area contributed by atoms with Crippen LogP contribution in [0.2, 0.25) is 0 Å². The number of methoxy groups -OCH3 is 4. The number of esters is 1. The molecule has 0 saturated carbocycles. The number of hydrogen-bond donors (Lipinski definition) is 1. The molecule has 0 spiro atoms. The first-order valence-corrected chi connectivity index (χ1v) is 11.4. The van der Waals surface area contributed by atoms with Crippen LogP contribution in [0.3, 0.4) is 0 Å². The molecule has 0 aliphatic carbocycles. The molecule has 1 heterocycles. The Kier molecular flexibility index (Phi) is 7.81. The summed E-state index contributed by atoms with van der Waals surface area (Å²) in [5.41, 5.74) is 1.09. The van der Waals surface area contributed by atoms with E-state index in [0.717, 1.165) is 0 Å². The van der Waals surface area contributed by atoms with E-state index in [2.05, 4.69) is 5.32 Å². The van der Waals surface area contributed by atoms with Gasteiger partial charge in [-0.2, -0.15) is 0 Å². The zero-order valence-corrected chi connectivity index (χ0v) is 21.2. The monoisotopic (exact) mass is 519 g/mol. The highest BCUT2D eigenvalue weighted by Crippen LogP contribution is 2.41. The molecule has 0 saturated heterocycles. The van der Waals surface area contributed by atoms with Gasteiger partial charge in [0.15, 0.2) is 23.5 Å². The van der Waals surface area contributed by atoms with Gasteiger partial charge in [0.05, 0.1) is 45.1 Å². The van der Waals surface area contributed by atoms with Gasteiger partial charge in [0.25, 0.3) is 5.91 Å². The van der Waals surface area contributed by atoms with Gasteiger partial charge in [-0.3, -0.25) is 9.59 Å². The minimum atomic E-state index is -0.575. The Labute approximate surface area is 217 Å². The highest BCUT2D eigenvalue weighted by molar-refractivity contribution is 6.01. The first-order chi connectivity index (χ1) is 18.4. The SMILES string of the molecule is COC(=O)c1ccccc1NC(=O)COc1ccc2oc(-c3cc(OC)c(OC)c(OC)c3)cc(=O)c2c1. The van der Waals surface area contributed by atoms with Crippen molar-refractivity contribution < 1.29 is 37.7 Å². The second-order valence-corrected chi connectivity index (χ2v) is 7.92. The number of para-hydroxylation sites is 1. The molecule has 0 atom stereocenters. The third-order valence-corrected chi connectivity index (χ3v) is 5.62. The van der Waals surface area contributed by atoms with E-state index in [0.29, 0.717) is 45.6 Å². The van der Waals surface area contributed by atoms with Crippen LogP contribution in [-0.2, 0) is 9.53 Å². The van der Waals surface area contributed by atoms with Gasteiger partial charge < -0.3 is 33.4 Å². The fourth-order valence-corrected chi connectivity index (χ4v) is 3.81. The van der Waals surface area contributed by atoms with Crippen LogP contribution in [0, 0.1) is 0 Å². The van der Waals surface area contributed by atoms with Crippen molar-refractivity contribution in [1.29, 1.82) is 0 Å². The maximum absolute atomic E-state index is 12.9. The topological polar surface area (TPSA) is 123 Å². The number of nitrogens with one attached hydrogen (secondary N) is 1. The molecule has 0 aliphatic rings. The number of benzene rings is 3. The number of anilines is 1. The summed E-state index contributed by atoms with van der Waals surface area (Å²) in [7, 11) is 5.75. The van der Waals surface area contributed by atoms with Gasteiger partial charge in [-0.1, -0.05) is 12.1 Å². The maximum atomic E-state index is 12.9. The normalized spacial score (nSPS) is 10.5. The molecule has 10 heteroatoms. The molecule has 1 aromatic heterocycles. The molecule has 10 nitrogen and oxygen atoms in total. The Hall–Kier alpha value is -4.99. The number of carbonyl (C=O) groups excluding carboxylic acids is 2. The average Bonchev–Trinajstić information content (AvgIpc) is 2.95. The largest absolute Gasteiger partial charge is 0.493 e. The fourth-order valence-electron chi connectivity index (χ4n) is 3.81. The first kappa shape index (κ1) is 26.1. The van der Waals surface area contributed by atoms with Crippen molar-refractivity contribution in [3.05, 3.63) is 76.5 Å². The third kappa shape index (κ3) is 5.39. The van der Waals surface area contributed by atoms with E-state index in [4.69, 9.17) is 28.1 Å². The first-order valence-electron chi connectivity index (χ1n) is 11.4. The predicted octanol–water partition coefficient (Wildman–Crippen LogP) is 4.29. The second-order valence-electron chi connectivity index (χ2n) is 7.92. The van der Waals surface area contributed by atoms with Crippen LogP contribution in [0.5, 0.6) is 23.0 Å². The molecule has 0 radical (unpaired) electrons. The number of fused-ring (bicyclic) bond motifs is 1. The van der Waals surface area contributed by atoms with E-state index >= 15 is 0 Å². The van der Waals surface area contributed by atoms with E-state index in [1.54, 1.807) is 42.5 Å². The van der Waals surface area contributed by atoms with Gasteiger partial charge in [0, 0.05) is 11.6 Å². The summed E-state index contributed by atoms with van der Waals surface area (Å²) in [6.45, 7) is -0.351. The summed E-state index contributed by atoms with van der Waals surface area (Å²) in [4.78, 5) is 37.3. The number of rotatable bonds is 9. The van der Waals surface area contributed by atoms with Gasteiger partial charge >= 0.3 is 5.97 Å². The smallest absolute Gasteiger partial charge is 0.339 e. The minimum Gasteiger partial charge on any atom is -0.493 e. The van der Waals surface area contributed by atoms with Crippen LogP contribution in [-0.4, -0.2) is 46.9 Å². The summed E-state index contributed by atoms with van der Waals surface area (Å²) < 4.78 is 32.4. The van der Waals surface area contributed by atoms with Crippen LogP contribution >= 0.6 is 0 Å². The molecule has 4 aromatic rings. The minimum absolute atomic E-state index is 0.217. The molecule has 196 valence electrons. The Morgan fingerprint density at radius 3 is 2.24 bits per heavy atom. The van der Waals surface area contributed by atoms with Crippen molar-refractivity contribution >= 4 is 28.5 Å². The lowest BCUT2D eigenvalue weighted by Gasteiger charge is -2.14. The van der Waals surface area contributed by atoms with Gasteiger partial charge in [-0.25, -0.2) is 4.79 Å². The molecule has 1 amide bonds. The standard InChI is InChI=1S/C28H25NO9/c1-33-24-11-16(12-25(34-2)27(24)35-3)23-14-21(30)19-13-17(9-10-22(19)38-23)37-15-26(31)29-20-8-6-5-7-18(20)28(32)36-4/h5-14H,15H2,1-4H3,(H,29,31). The molecule has 1 N–H and O–H groups in total. The van der Waals surface area contributed by atoms with Crippen LogP contribution < -0.4 is 29.7 Å². The molecule has 0 fully saturated rings. The molecule has 0 bridgehead atoms. The predicted molar refractivity (Wildman–Crippen MR) is 139 cm³/mol. The summed E-state index contributed by atoms with van der Waals surface area (Å²) in [6, 6.07) is 15.8. The molecular formula is C28H25NO9. The third-order valence-electron chi connectivity index (χ3n) is 5.62. The van der Waals surface area contributed by atoms with Crippen LogP contribution in [0.15, 0.2) is 69.9 Å². The van der Waals surface area contributed by atoms with Crippen LogP contribution in [0.4, 0.5) is 5.69 Å². The summed E-state index contributed by atoms with van der Waals surface area (Å²) in [6.07, 6.45) is 0. The van der Waals surface area contributed by atoms with E-state index in [1.165, 1.54) is 46.6 Å². The maximum Gasteiger partial charge on any atom is 0.339 e. The molecule has 0 unspecified atom stereocenters. The summed E-state index contributed by atoms with van der Waals surface area (Å²) in [5.74, 6) is 0.782. The van der Waals surface area contributed by atoms with Crippen molar-refractivity contribution in [2.45, 2.75) is 0 Å². The number of ether oxygens (including phenoxy) is 5. The lowest BCUT2D eigenvalue weighted by atomic mass is 10.1. The molecule has 0 aliphatic heterocycles. The van der Waals surface area contributed by atoms with E-state index in [1.807, 2.05) is 0 Å². The van der Waals surface area contributed by atoms with Crippen molar-refractivity contribution in [2.24, 2.45) is 0 Å². The Morgan fingerprint density at radius 1 is 0.868 bits per heavy atom. The van der Waals surface area contributed by atoms with E-state index in [-0.39, 0.29) is 23.0 Å². The zero-order chi connectivity index (χ0) is 27.2. The number of carbonyl (C=O) groups is 2. The van der Waals surface area contributed by atoms with Gasteiger partial charge in [-0.05, 0) is 42.5 Å². The summed E-state index contributed by atoms with van der Waals surface area (Å²) in [5, 5.41) is 2.90. The number of amides is 1. The van der Waals surface area contributed by atoms with E-state index in [9.17, 15) is 14.4 Å². The second kappa shape index (κ2) is 11.4. The average molecular weight is 520 g/mol. The van der Waals surface area contributed by atoms with Crippen LogP contribution in [0.1, 0.15) is 10.4 Å². The Bertz CT molecular complexity index is 1530. The van der Waals surface area contributed by atoms with Gasteiger partial charge in [-0.15, -0.1) is 0 Å². The van der Waals surface area contributed by atoms with Crippen LogP contribution in [0.25, 0.3) is 22.3 Å². The highest BCUT2D eigenvalue weighted by Gasteiger charge is 2.17. The fraction of sp³-hybridized carbons (Fsp3) is 0.179. The zero-order valence-electron chi connectivity index (χ0n) is 21.2. The quantitative estimate of drug-likeness (QED) is 0.323. The number of hydrogen-bond acceptors (Lipinski definition) is 9. The van der Waals surface area contributed by atoms with Crippen molar-refractivity contribution in [3.63, 3.8) is 0 Å². The lowest BCUT2D eigenvalue weighted by Crippen LogP contribution is -2.21. The lowest BCUT2D eigenvalue weighted by molar-refractivity contribution is -0.118. The Morgan fingerprint density at radius 2 is 1.58 bits per heavy atom. The molecule has 3 aromatic carbocycles. The van der Waals surface area contributed by atoms with Gasteiger partial charge in [0.1, 0.15) is 17.1 Å². The molecule has 38 heavy (non-hydrogen) atoms. The van der Waals surface area contributed by atoms with Crippen molar-refractivity contribution in [2.75, 3.05) is 40.4 Å². The van der Waals surface area contributed by atoms with Crippen molar-refractivity contribution in [3.8, 4) is 34.3 Å². The summed E-state index contributed by atoms with van der Waals surface area (Å²) >= 11 is 0. The molecular weight excluding hydrogens is 494 g/mol. The van der Waals surface area contributed by atoms with Gasteiger partial charge in [0.2, 0.25) is 5.75 Å². The Balaban J connectivity index is 1.54. The highest BCUT2D eigenvalue weighted by atomic mass is 16.5. The van der Waals surface area contributed by atoms with Crippen molar-refractivity contribution in [1.82, 2.24) is 0 Å². The van der Waals surface area contributed by atoms with E-state index < -0.39 is 11.9 Å².